The van der Waals surface area contributed by atoms with Crippen LogP contribution in [0.3, 0.4) is 0 Å². The maximum Gasteiger partial charge on any atom is 0.410 e. The van der Waals surface area contributed by atoms with Crippen LogP contribution in [0, 0.1) is 11.8 Å². The van der Waals surface area contributed by atoms with Crippen LogP contribution >= 0.6 is 11.6 Å². The average Bonchev–Trinajstić information content (AvgIpc) is 3.50. The highest BCUT2D eigenvalue weighted by Crippen LogP contribution is 2.32. The van der Waals surface area contributed by atoms with Gasteiger partial charge in [0.25, 0.3) is 5.91 Å². The van der Waals surface area contributed by atoms with Gasteiger partial charge in [0.05, 0.1) is 10.4 Å². The summed E-state index contributed by atoms with van der Waals surface area (Å²) in [6.45, 7) is 2.05. The first-order valence-electron chi connectivity index (χ1n) is 10.7. The van der Waals surface area contributed by atoms with Crippen LogP contribution in [0.1, 0.15) is 15.9 Å². The summed E-state index contributed by atoms with van der Waals surface area (Å²) in [5.41, 5.74) is 2.48. The molecule has 0 spiro atoms. The van der Waals surface area contributed by atoms with Crippen LogP contribution in [0.2, 0.25) is 5.02 Å². The number of H-pyrrole nitrogens is 1. The molecule has 2 aromatic carbocycles. The number of hydrogen-bond donors (Lipinski definition) is 1. The molecule has 0 aliphatic carbocycles. The number of sulfone groups is 1. The second-order valence-electron chi connectivity index (χ2n) is 8.80. The number of aromatic amines is 1. The van der Waals surface area contributed by atoms with Crippen molar-refractivity contribution in [3.63, 3.8) is 0 Å². The van der Waals surface area contributed by atoms with E-state index in [-0.39, 0.29) is 34.3 Å². The molecule has 34 heavy (non-hydrogen) atoms. The highest BCUT2D eigenvalue weighted by Gasteiger charge is 2.43. The summed E-state index contributed by atoms with van der Waals surface area (Å²) in [5, 5.41) is 10.7. The van der Waals surface area contributed by atoms with Crippen LogP contribution in [-0.2, 0) is 21.2 Å². The Kier molecular flexibility index (Phi) is 5.68. The monoisotopic (exact) mass is 503 g/mol. The van der Waals surface area contributed by atoms with E-state index < -0.39 is 15.9 Å². The highest BCUT2D eigenvalue weighted by molar-refractivity contribution is 7.90. The van der Waals surface area contributed by atoms with E-state index in [0.29, 0.717) is 42.8 Å². The second kappa shape index (κ2) is 8.55. The number of rotatable bonds is 4. The zero-order chi connectivity index (χ0) is 24.0. The summed E-state index contributed by atoms with van der Waals surface area (Å²) >= 11 is 6.01. The smallest absolute Gasteiger partial charge is 0.410 e. The normalized spacial score (nSPS) is 20.1. The predicted molar refractivity (Wildman–Crippen MR) is 123 cm³/mol. The van der Waals surface area contributed by atoms with Gasteiger partial charge in [0.2, 0.25) is 0 Å². The van der Waals surface area contributed by atoms with Gasteiger partial charge in [-0.1, -0.05) is 16.8 Å². The van der Waals surface area contributed by atoms with E-state index in [1.807, 2.05) is 4.90 Å². The minimum atomic E-state index is -3.43. The Balaban J connectivity index is 1.17. The summed E-state index contributed by atoms with van der Waals surface area (Å²) in [6.07, 6.45) is 0.627. The molecule has 10 nitrogen and oxygen atoms in total. The Hall–Kier alpha value is -3.18. The number of aromatic nitrogens is 3. The van der Waals surface area contributed by atoms with E-state index in [2.05, 4.69) is 15.4 Å². The van der Waals surface area contributed by atoms with Gasteiger partial charge >= 0.3 is 6.09 Å². The van der Waals surface area contributed by atoms with E-state index >= 15 is 0 Å². The van der Waals surface area contributed by atoms with Gasteiger partial charge in [-0.05, 0) is 42.0 Å². The number of halogens is 1. The quantitative estimate of drug-likeness (QED) is 0.579. The fraction of sp³-hybridized carbons (Fsp3) is 0.364. The molecule has 2 fully saturated rings. The Morgan fingerprint density at radius 3 is 2.50 bits per heavy atom. The molecule has 1 aromatic heterocycles. The van der Waals surface area contributed by atoms with Crippen molar-refractivity contribution >= 4 is 44.5 Å². The van der Waals surface area contributed by atoms with Crippen molar-refractivity contribution in [2.45, 2.75) is 11.5 Å². The molecule has 0 unspecified atom stereocenters. The van der Waals surface area contributed by atoms with Gasteiger partial charge in [-0.15, -0.1) is 5.10 Å². The van der Waals surface area contributed by atoms with Gasteiger partial charge in [-0.25, -0.2) is 13.2 Å². The lowest BCUT2D eigenvalue weighted by molar-refractivity contribution is 0.0764. The van der Waals surface area contributed by atoms with Crippen LogP contribution in [0.15, 0.2) is 41.3 Å². The molecule has 12 heteroatoms. The molecule has 178 valence electrons. The molecule has 5 rings (SSSR count). The molecular formula is C22H22ClN5O5S. The maximum atomic E-state index is 13.0. The van der Waals surface area contributed by atoms with Crippen molar-refractivity contribution in [1.29, 1.82) is 0 Å². The van der Waals surface area contributed by atoms with Gasteiger partial charge in [-0.2, -0.15) is 0 Å². The number of nitrogens with zero attached hydrogens (tertiary/aromatic N) is 4. The van der Waals surface area contributed by atoms with Crippen molar-refractivity contribution < 1.29 is 22.7 Å². The summed E-state index contributed by atoms with van der Waals surface area (Å²) in [5.74, 6) is 0.293. The SMILES string of the molecule is CS(=O)(=O)c1cc(Cl)cc(COC(=O)N2C[C@@H]3CN(C(=O)c4ccc5[nH]nnc5c4)C[C@@H]3C2)c1. The van der Waals surface area contributed by atoms with Gasteiger partial charge in [0, 0.05) is 54.9 Å². The van der Waals surface area contributed by atoms with E-state index in [9.17, 15) is 18.0 Å². The molecule has 2 aliphatic heterocycles. The van der Waals surface area contributed by atoms with Crippen LogP contribution in [0.4, 0.5) is 4.79 Å². The molecule has 2 aliphatic rings. The number of hydrogen-bond acceptors (Lipinski definition) is 7. The number of fused-ring (bicyclic) bond motifs is 2. The number of likely N-dealkylation sites (tertiary alicyclic amines) is 2. The first-order chi connectivity index (χ1) is 16.2. The number of benzene rings is 2. The van der Waals surface area contributed by atoms with E-state index in [0.717, 1.165) is 11.8 Å². The number of carbonyl (C=O) groups is 2. The van der Waals surface area contributed by atoms with Crippen molar-refractivity contribution in [3.05, 3.63) is 52.5 Å². The Bertz CT molecular complexity index is 1380. The van der Waals surface area contributed by atoms with E-state index in [4.69, 9.17) is 16.3 Å². The first kappa shape index (κ1) is 22.6. The molecule has 2 saturated heterocycles. The molecule has 1 N–H and O–H groups in total. The second-order valence-corrected chi connectivity index (χ2v) is 11.3. The molecule has 0 radical (unpaired) electrons. The minimum absolute atomic E-state index is 0.0592. The van der Waals surface area contributed by atoms with E-state index in [1.54, 1.807) is 29.2 Å². The van der Waals surface area contributed by atoms with E-state index in [1.165, 1.54) is 12.1 Å². The third-order valence-corrected chi connectivity index (χ3v) is 7.64. The van der Waals surface area contributed by atoms with Crippen LogP contribution in [0.5, 0.6) is 0 Å². The van der Waals surface area contributed by atoms with Crippen LogP contribution in [-0.4, -0.2) is 78.1 Å². The molecule has 3 heterocycles. The van der Waals surface area contributed by atoms with Crippen molar-refractivity contribution in [2.75, 3.05) is 32.4 Å². The van der Waals surface area contributed by atoms with Gasteiger partial charge in [0.1, 0.15) is 12.1 Å². The average molecular weight is 504 g/mol. The Labute approximate surface area is 200 Å². The summed E-state index contributed by atoms with van der Waals surface area (Å²) in [6, 6.07) is 9.66. The summed E-state index contributed by atoms with van der Waals surface area (Å²) < 4.78 is 29.0. The fourth-order valence-electron chi connectivity index (χ4n) is 4.62. The largest absolute Gasteiger partial charge is 0.445 e. The lowest BCUT2D eigenvalue weighted by Gasteiger charge is -2.21. The van der Waals surface area contributed by atoms with Crippen LogP contribution in [0.25, 0.3) is 11.0 Å². The number of carbonyl (C=O) groups excluding carboxylic acids is 2. The highest BCUT2D eigenvalue weighted by atomic mass is 35.5. The summed E-state index contributed by atoms with van der Waals surface area (Å²) in [4.78, 5) is 29.1. The fourth-order valence-corrected chi connectivity index (χ4v) is 5.65. The zero-order valence-corrected chi connectivity index (χ0v) is 19.8. The van der Waals surface area contributed by atoms with Gasteiger partial charge < -0.3 is 14.5 Å². The third kappa shape index (κ3) is 4.45. The minimum Gasteiger partial charge on any atom is -0.445 e. The lowest BCUT2D eigenvalue weighted by atomic mass is 10.0. The number of ether oxygens (including phenoxy) is 1. The lowest BCUT2D eigenvalue weighted by Crippen LogP contribution is -2.35. The topological polar surface area (TPSA) is 126 Å². The molecule has 0 bridgehead atoms. The molecule has 2 amide bonds. The van der Waals surface area contributed by atoms with Crippen molar-refractivity contribution in [3.8, 4) is 0 Å². The zero-order valence-electron chi connectivity index (χ0n) is 18.3. The number of amides is 2. The molecular weight excluding hydrogens is 482 g/mol. The molecule has 3 aromatic rings. The standard InChI is InChI=1S/C22H22ClN5O5S/c1-34(31,32)18-5-13(4-17(23)7-18)12-33-22(30)28-10-15-8-27(9-16(15)11-28)21(29)14-2-3-19-20(6-14)25-26-24-19/h2-7,15-16H,8-12H2,1H3,(H,24,25,26)/t15-,16+. The summed E-state index contributed by atoms with van der Waals surface area (Å²) in [7, 11) is -3.43. The van der Waals surface area contributed by atoms with Gasteiger partial charge in [0.15, 0.2) is 9.84 Å². The van der Waals surface area contributed by atoms with Crippen molar-refractivity contribution in [1.82, 2.24) is 25.2 Å². The predicted octanol–water partition coefficient (Wildman–Crippen LogP) is 2.36. The Morgan fingerprint density at radius 1 is 1.09 bits per heavy atom. The van der Waals surface area contributed by atoms with Crippen LogP contribution < -0.4 is 0 Å². The molecule has 2 atom stereocenters. The van der Waals surface area contributed by atoms with Crippen molar-refractivity contribution in [2.24, 2.45) is 11.8 Å². The first-order valence-corrected chi connectivity index (χ1v) is 13.0. The van der Waals surface area contributed by atoms with Gasteiger partial charge in [-0.3, -0.25) is 9.89 Å². The Morgan fingerprint density at radius 2 is 1.79 bits per heavy atom. The molecule has 0 saturated carbocycles. The third-order valence-electron chi connectivity index (χ3n) is 6.33. The maximum absolute atomic E-state index is 13.0. The number of nitrogens with one attached hydrogen (secondary N) is 1.